The highest BCUT2D eigenvalue weighted by Crippen LogP contribution is 2.48. The van der Waals surface area contributed by atoms with E-state index in [2.05, 4.69) is 5.32 Å². The molecule has 3 amide bonds. The number of alkyl halides is 3. The summed E-state index contributed by atoms with van der Waals surface area (Å²) in [6, 6.07) is 2.95. The van der Waals surface area contributed by atoms with Crippen LogP contribution in [0.4, 0.5) is 23.7 Å². The standard InChI is InChI=1S/C19H18ClF3N2O5/c20-11-3-2-9(8-10(11)19(21,22)23)24-18(28)29-7-1-6-25-16(26)14-12-4-5-13(30-12)15(14)17(25)27/h2-3,8,12-15H,1,4-7H2,(H,24,28). The molecule has 3 aliphatic heterocycles. The molecular weight excluding hydrogens is 429 g/mol. The fourth-order valence-electron chi connectivity index (χ4n) is 4.36. The second kappa shape index (κ2) is 7.73. The van der Waals surface area contributed by atoms with Gasteiger partial charge in [0.2, 0.25) is 11.8 Å². The van der Waals surface area contributed by atoms with Crippen LogP contribution < -0.4 is 5.32 Å². The summed E-state index contributed by atoms with van der Waals surface area (Å²) in [5.41, 5.74) is -1.19. The number of fused-ring (bicyclic) bond motifs is 5. The van der Waals surface area contributed by atoms with Gasteiger partial charge in [0, 0.05) is 12.2 Å². The zero-order chi connectivity index (χ0) is 21.6. The molecule has 0 spiro atoms. The Morgan fingerprint density at radius 2 is 1.83 bits per heavy atom. The molecule has 4 atom stereocenters. The Hall–Kier alpha value is -2.33. The van der Waals surface area contributed by atoms with Crippen LogP contribution in [0.1, 0.15) is 24.8 Å². The predicted molar refractivity (Wildman–Crippen MR) is 97.6 cm³/mol. The Labute approximate surface area is 174 Å². The van der Waals surface area contributed by atoms with E-state index in [1.807, 2.05) is 0 Å². The van der Waals surface area contributed by atoms with Crippen molar-refractivity contribution in [3.05, 3.63) is 28.8 Å². The van der Waals surface area contributed by atoms with E-state index in [4.69, 9.17) is 21.1 Å². The molecule has 11 heteroatoms. The Bertz CT molecular complexity index is 865. The van der Waals surface area contributed by atoms with Crippen LogP contribution >= 0.6 is 11.6 Å². The van der Waals surface area contributed by atoms with E-state index in [1.165, 1.54) is 11.0 Å². The van der Waals surface area contributed by atoms with E-state index in [-0.39, 0.29) is 49.3 Å². The molecule has 1 N–H and O–H groups in total. The van der Waals surface area contributed by atoms with Crippen molar-refractivity contribution in [3.8, 4) is 0 Å². The van der Waals surface area contributed by atoms with Gasteiger partial charge >= 0.3 is 12.3 Å². The van der Waals surface area contributed by atoms with Gasteiger partial charge in [0.1, 0.15) is 0 Å². The third-order valence-electron chi connectivity index (χ3n) is 5.65. The monoisotopic (exact) mass is 446 g/mol. The number of rotatable bonds is 5. The van der Waals surface area contributed by atoms with Gasteiger partial charge in [-0.25, -0.2) is 4.79 Å². The maximum Gasteiger partial charge on any atom is 0.417 e. The number of halogens is 4. The van der Waals surface area contributed by atoms with Gasteiger partial charge in [-0.3, -0.25) is 19.8 Å². The lowest BCUT2D eigenvalue weighted by Crippen LogP contribution is -2.35. The number of ether oxygens (including phenoxy) is 2. The highest BCUT2D eigenvalue weighted by Gasteiger charge is 2.62. The first-order valence-corrected chi connectivity index (χ1v) is 9.86. The Balaban J connectivity index is 1.25. The number of hydrogen-bond acceptors (Lipinski definition) is 5. The van der Waals surface area contributed by atoms with E-state index >= 15 is 0 Å². The largest absolute Gasteiger partial charge is 0.449 e. The van der Waals surface area contributed by atoms with E-state index in [9.17, 15) is 27.6 Å². The molecule has 0 aliphatic carbocycles. The third-order valence-corrected chi connectivity index (χ3v) is 5.98. The highest BCUT2D eigenvalue weighted by atomic mass is 35.5. The average molecular weight is 447 g/mol. The van der Waals surface area contributed by atoms with Crippen molar-refractivity contribution in [2.75, 3.05) is 18.5 Å². The van der Waals surface area contributed by atoms with Crippen molar-refractivity contribution < 1.29 is 37.0 Å². The van der Waals surface area contributed by atoms with Crippen LogP contribution in [0.15, 0.2) is 18.2 Å². The molecule has 3 fully saturated rings. The minimum absolute atomic E-state index is 0.108. The fourth-order valence-corrected chi connectivity index (χ4v) is 4.58. The number of hydrogen-bond donors (Lipinski definition) is 1. The maximum absolute atomic E-state index is 12.9. The molecule has 2 bridgehead atoms. The smallest absolute Gasteiger partial charge is 0.417 e. The topological polar surface area (TPSA) is 84.9 Å². The van der Waals surface area contributed by atoms with Gasteiger partial charge in [-0.2, -0.15) is 13.2 Å². The minimum atomic E-state index is -4.66. The Kier molecular flexibility index (Phi) is 5.39. The van der Waals surface area contributed by atoms with E-state index in [0.717, 1.165) is 18.9 Å². The summed E-state index contributed by atoms with van der Waals surface area (Å²) in [7, 11) is 0. The van der Waals surface area contributed by atoms with Gasteiger partial charge < -0.3 is 9.47 Å². The second-order valence-electron chi connectivity index (χ2n) is 7.48. The van der Waals surface area contributed by atoms with Gasteiger partial charge in [-0.05, 0) is 37.5 Å². The number of amides is 3. The number of nitrogens with zero attached hydrogens (tertiary/aromatic N) is 1. The molecule has 3 saturated heterocycles. The van der Waals surface area contributed by atoms with Crippen molar-refractivity contribution in [1.82, 2.24) is 4.90 Å². The van der Waals surface area contributed by atoms with Crippen molar-refractivity contribution in [3.63, 3.8) is 0 Å². The lowest BCUT2D eigenvalue weighted by molar-refractivity contribution is -0.142. The lowest BCUT2D eigenvalue weighted by atomic mass is 9.81. The second-order valence-corrected chi connectivity index (χ2v) is 7.88. The molecule has 1 aromatic carbocycles. The molecule has 30 heavy (non-hydrogen) atoms. The first-order chi connectivity index (χ1) is 14.2. The third kappa shape index (κ3) is 3.74. The average Bonchev–Trinajstić information content (AvgIpc) is 3.35. The first-order valence-electron chi connectivity index (χ1n) is 9.48. The van der Waals surface area contributed by atoms with Crippen LogP contribution in [0.25, 0.3) is 0 Å². The van der Waals surface area contributed by atoms with Crippen molar-refractivity contribution in [2.45, 2.75) is 37.6 Å². The summed E-state index contributed by atoms with van der Waals surface area (Å²) < 4.78 is 49.2. The normalized spacial score (nSPS) is 27.5. The highest BCUT2D eigenvalue weighted by molar-refractivity contribution is 6.31. The van der Waals surface area contributed by atoms with Crippen LogP contribution in [-0.4, -0.2) is 48.2 Å². The molecule has 7 nitrogen and oxygen atoms in total. The number of nitrogens with one attached hydrogen (secondary N) is 1. The summed E-state index contributed by atoms with van der Waals surface area (Å²) in [6.45, 7) is -0.00213. The van der Waals surface area contributed by atoms with Crippen LogP contribution in [0, 0.1) is 11.8 Å². The van der Waals surface area contributed by atoms with E-state index in [1.54, 1.807) is 0 Å². The molecule has 1 aromatic rings. The van der Waals surface area contributed by atoms with Gasteiger partial charge in [0.25, 0.3) is 0 Å². The summed E-state index contributed by atoms with van der Waals surface area (Å²) >= 11 is 5.53. The SMILES string of the molecule is O=C(Nc1ccc(Cl)c(C(F)(F)F)c1)OCCCN1C(=O)C2C3CCC(O3)C2C1=O. The Morgan fingerprint density at radius 3 is 2.43 bits per heavy atom. The summed E-state index contributed by atoms with van der Waals surface area (Å²) in [6.07, 6.45) is -4.21. The van der Waals surface area contributed by atoms with Crippen LogP contribution in [0.3, 0.4) is 0 Å². The van der Waals surface area contributed by atoms with E-state index < -0.39 is 34.7 Å². The molecule has 0 radical (unpaired) electrons. The van der Waals surface area contributed by atoms with Gasteiger partial charge in [0.15, 0.2) is 0 Å². The first kappa shape index (κ1) is 20.9. The summed E-state index contributed by atoms with van der Waals surface area (Å²) in [4.78, 5) is 38.0. The lowest BCUT2D eigenvalue weighted by Gasteiger charge is -2.17. The van der Waals surface area contributed by atoms with Crippen molar-refractivity contribution >= 4 is 35.2 Å². The molecule has 4 rings (SSSR count). The van der Waals surface area contributed by atoms with Crippen LogP contribution in [0.5, 0.6) is 0 Å². The number of imide groups is 1. The van der Waals surface area contributed by atoms with Gasteiger partial charge in [0.05, 0.1) is 41.2 Å². The molecule has 3 aliphatic rings. The minimum Gasteiger partial charge on any atom is -0.449 e. The molecule has 4 unspecified atom stereocenters. The number of benzene rings is 1. The van der Waals surface area contributed by atoms with Crippen LogP contribution in [0.2, 0.25) is 5.02 Å². The Morgan fingerprint density at radius 1 is 1.20 bits per heavy atom. The van der Waals surface area contributed by atoms with Gasteiger partial charge in [-0.15, -0.1) is 0 Å². The quantitative estimate of drug-likeness (QED) is 0.553. The number of anilines is 1. The van der Waals surface area contributed by atoms with Crippen molar-refractivity contribution in [1.29, 1.82) is 0 Å². The molecule has 3 heterocycles. The molecule has 162 valence electrons. The van der Waals surface area contributed by atoms with E-state index in [0.29, 0.717) is 6.07 Å². The summed E-state index contributed by atoms with van der Waals surface area (Å²) in [5.74, 6) is -1.31. The summed E-state index contributed by atoms with van der Waals surface area (Å²) in [5, 5.41) is 1.71. The zero-order valence-corrected chi connectivity index (χ0v) is 16.3. The number of likely N-dealkylation sites (tertiary alicyclic amines) is 1. The van der Waals surface area contributed by atoms with Crippen molar-refractivity contribution in [2.24, 2.45) is 11.8 Å². The fraction of sp³-hybridized carbons (Fsp3) is 0.526. The molecule has 0 saturated carbocycles. The molecular formula is C19H18ClF3N2O5. The predicted octanol–water partition coefficient (Wildman–Crippen LogP) is 3.46. The zero-order valence-electron chi connectivity index (χ0n) is 15.6. The number of carbonyl (C=O) groups is 3. The van der Waals surface area contributed by atoms with Gasteiger partial charge in [-0.1, -0.05) is 11.6 Å². The maximum atomic E-state index is 12.9. The van der Waals surface area contributed by atoms with Crippen LogP contribution in [-0.2, 0) is 25.2 Å². The number of carbonyl (C=O) groups excluding carboxylic acids is 3. The molecule has 0 aromatic heterocycles.